The van der Waals surface area contributed by atoms with E-state index in [0.29, 0.717) is 42.5 Å². The molecule has 1 unspecified atom stereocenters. The third kappa shape index (κ3) is 4.82. The Morgan fingerprint density at radius 1 is 1.15 bits per heavy atom. The molecule has 7 nitrogen and oxygen atoms in total. The molecule has 0 saturated heterocycles. The van der Waals surface area contributed by atoms with E-state index < -0.39 is 6.04 Å². The minimum atomic E-state index is -0.727. The van der Waals surface area contributed by atoms with Gasteiger partial charge in [0.15, 0.2) is 11.5 Å². The van der Waals surface area contributed by atoms with Crippen LogP contribution in [-0.4, -0.2) is 41.5 Å². The third-order valence-corrected chi connectivity index (χ3v) is 5.65. The first-order chi connectivity index (χ1) is 16.0. The predicted molar refractivity (Wildman–Crippen MR) is 126 cm³/mol. The molecule has 0 saturated carbocycles. The Kier molecular flexibility index (Phi) is 6.58. The fourth-order valence-electron chi connectivity index (χ4n) is 4.02. The molecule has 7 heteroatoms. The minimum Gasteiger partial charge on any atom is -0.493 e. The molecule has 33 heavy (non-hydrogen) atoms. The van der Waals surface area contributed by atoms with Crippen molar-refractivity contribution in [3.63, 3.8) is 0 Å². The number of benzene rings is 2. The number of ether oxygens (including phenoxy) is 2. The van der Waals surface area contributed by atoms with Gasteiger partial charge in [0.05, 0.1) is 13.7 Å². The van der Waals surface area contributed by atoms with Crippen molar-refractivity contribution in [2.24, 2.45) is 0 Å². The van der Waals surface area contributed by atoms with Crippen LogP contribution in [0.5, 0.6) is 11.5 Å². The van der Waals surface area contributed by atoms with Crippen LogP contribution in [0.25, 0.3) is 0 Å². The van der Waals surface area contributed by atoms with Gasteiger partial charge in [0.2, 0.25) is 5.91 Å². The maximum absolute atomic E-state index is 13.4. The number of carbonyl (C=O) groups excluding carboxylic acids is 2. The van der Waals surface area contributed by atoms with Crippen LogP contribution in [0, 0.1) is 6.92 Å². The van der Waals surface area contributed by atoms with Crippen molar-refractivity contribution in [2.75, 3.05) is 19.0 Å². The molecule has 4 rings (SSSR count). The zero-order chi connectivity index (χ0) is 23.4. The number of nitrogens with one attached hydrogen (secondary N) is 1. The van der Waals surface area contributed by atoms with Crippen molar-refractivity contribution in [1.29, 1.82) is 0 Å². The van der Waals surface area contributed by atoms with Crippen molar-refractivity contribution in [3.05, 3.63) is 83.0 Å². The molecule has 1 aliphatic rings. The highest BCUT2D eigenvalue weighted by Gasteiger charge is 2.36. The summed E-state index contributed by atoms with van der Waals surface area (Å²) in [5.41, 5.74) is 3.39. The smallest absolute Gasteiger partial charge is 0.255 e. The van der Waals surface area contributed by atoms with Crippen LogP contribution in [0.4, 0.5) is 5.82 Å². The van der Waals surface area contributed by atoms with Gasteiger partial charge in [0, 0.05) is 24.7 Å². The lowest BCUT2D eigenvalue weighted by Crippen LogP contribution is -2.45. The van der Waals surface area contributed by atoms with E-state index in [9.17, 15) is 9.59 Å². The molecule has 0 fully saturated rings. The van der Waals surface area contributed by atoms with Crippen molar-refractivity contribution in [2.45, 2.75) is 32.9 Å². The van der Waals surface area contributed by atoms with Gasteiger partial charge in [-0.3, -0.25) is 9.59 Å². The number of methoxy groups -OCH3 is 1. The van der Waals surface area contributed by atoms with E-state index in [-0.39, 0.29) is 11.8 Å². The SMILES string of the molecule is CCOc1ccc(CC(C(=O)Nc2cc(C)ccn2)N2Cc3ccccc3C2=O)cc1OC. The van der Waals surface area contributed by atoms with Crippen LogP contribution in [0.3, 0.4) is 0 Å². The van der Waals surface area contributed by atoms with Crippen LogP contribution in [-0.2, 0) is 17.8 Å². The number of amides is 2. The second-order valence-electron chi connectivity index (χ2n) is 7.94. The molecule has 1 N–H and O–H groups in total. The van der Waals surface area contributed by atoms with Crippen molar-refractivity contribution >= 4 is 17.6 Å². The van der Waals surface area contributed by atoms with Gasteiger partial charge in [0.1, 0.15) is 11.9 Å². The Hall–Kier alpha value is -3.87. The number of aromatic nitrogens is 1. The molecule has 0 spiro atoms. The monoisotopic (exact) mass is 445 g/mol. The van der Waals surface area contributed by atoms with Crippen LogP contribution < -0.4 is 14.8 Å². The first-order valence-corrected chi connectivity index (χ1v) is 10.9. The molecular formula is C26H27N3O4. The Bertz CT molecular complexity index is 1180. The molecule has 2 heterocycles. The third-order valence-electron chi connectivity index (χ3n) is 5.65. The molecule has 0 radical (unpaired) electrons. The normalized spacial score (nSPS) is 13.4. The average molecular weight is 446 g/mol. The van der Waals surface area contributed by atoms with E-state index in [4.69, 9.17) is 9.47 Å². The fraction of sp³-hybridized carbons (Fsp3) is 0.269. The Labute approximate surface area is 193 Å². The summed E-state index contributed by atoms with van der Waals surface area (Å²) in [5.74, 6) is 1.24. The zero-order valence-corrected chi connectivity index (χ0v) is 19.0. The molecule has 1 aromatic heterocycles. The fourth-order valence-corrected chi connectivity index (χ4v) is 4.02. The maximum atomic E-state index is 13.4. The highest BCUT2D eigenvalue weighted by Crippen LogP contribution is 2.31. The highest BCUT2D eigenvalue weighted by molar-refractivity contribution is 6.03. The first kappa shape index (κ1) is 22.3. The highest BCUT2D eigenvalue weighted by atomic mass is 16.5. The molecule has 2 aromatic carbocycles. The van der Waals surface area contributed by atoms with Crippen molar-refractivity contribution in [3.8, 4) is 11.5 Å². The number of fused-ring (bicyclic) bond motifs is 1. The van der Waals surface area contributed by atoms with Gasteiger partial charge in [-0.15, -0.1) is 0 Å². The second kappa shape index (κ2) is 9.73. The predicted octanol–water partition coefficient (Wildman–Crippen LogP) is 4.00. The average Bonchev–Trinajstić information content (AvgIpc) is 3.14. The Balaban J connectivity index is 1.64. The summed E-state index contributed by atoms with van der Waals surface area (Å²) in [7, 11) is 1.58. The second-order valence-corrected chi connectivity index (χ2v) is 7.94. The number of carbonyl (C=O) groups is 2. The summed E-state index contributed by atoms with van der Waals surface area (Å²) in [6, 6.07) is 16.0. The number of anilines is 1. The van der Waals surface area contributed by atoms with Gasteiger partial charge in [0.25, 0.3) is 5.91 Å². The summed E-state index contributed by atoms with van der Waals surface area (Å²) in [6.45, 7) is 4.73. The van der Waals surface area contributed by atoms with Crippen molar-refractivity contribution in [1.82, 2.24) is 9.88 Å². The molecule has 0 aliphatic carbocycles. The van der Waals surface area contributed by atoms with Gasteiger partial charge in [-0.05, 0) is 60.9 Å². The van der Waals surface area contributed by atoms with Gasteiger partial charge in [-0.2, -0.15) is 0 Å². The van der Waals surface area contributed by atoms with Gasteiger partial charge in [-0.25, -0.2) is 4.98 Å². The Morgan fingerprint density at radius 3 is 2.70 bits per heavy atom. The standard InChI is InChI=1S/C26H27N3O4/c1-4-33-22-10-9-18(15-23(22)32-3)14-21(25(30)28-24-13-17(2)11-12-27-24)29-16-19-7-5-6-8-20(19)26(29)31/h5-13,15,21H,4,14,16H2,1-3H3,(H,27,28,30). The lowest BCUT2D eigenvalue weighted by molar-refractivity contribution is -0.120. The number of pyridine rings is 1. The molecule has 0 bridgehead atoms. The summed E-state index contributed by atoms with van der Waals surface area (Å²) < 4.78 is 11.1. The molecule has 2 amide bonds. The molecule has 1 atom stereocenters. The minimum absolute atomic E-state index is 0.152. The number of hydrogen-bond acceptors (Lipinski definition) is 5. The van der Waals surface area contributed by atoms with E-state index in [1.807, 2.05) is 56.3 Å². The van der Waals surface area contributed by atoms with Crippen LogP contribution in [0.15, 0.2) is 60.8 Å². The molecule has 1 aliphatic heterocycles. The quantitative estimate of drug-likeness (QED) is 0.567. The lowest BCUT2D eigenvalue weighted by atomic mass is 10.0. The maximum Gasteiger partial charge on any atom is 0.255 e. The molecule has 3 aromatic rings. The van der Waals surface area contributed by atoms with E-state index in [1.54, 1.807) is 30.3 Å². The summed E-state index contributed by atoms with van der Waals surface area (Å²) in [4.78, 5) is 32.5. The summed E-state index contributed by atoms with van der Waals surface area (Å²) in [5, 5.41) is 2.89. The first-order valence-electron chi connectivity index (χ1n) is 10.9. The summed E-state index contributed by atoms with van der Waals surface area (Å²) in [6.07, 6.45) is 1.97. The van der Waals surface area contributed by atoms with Gasteiger partial charge < -0.3 is 19.7 Å². The van der Waals surface area contributed by atoms with E-state index >= 15 is 0 Å². The summed E-state index contributed by atoms with van der Waals surface area (Å²) >= 11 is 0. The van der Waals surface area contributed by atoms with E-state index in [2.05, 4.69) is 10.3 Å². The Morgan fingerprint density at radius 2 is 1.97 bits per heavy atom. The van der Waals surface area contributed by atoms with E-state index in [1.165, 1.54) is 0 Å². The molecular weight excluding hydrogens is 418 g/mol. The number of rotatable bonds is 8. The number of nitrogens with zero attached hydrogens (tertiary/aromatic N) is 2. The topological polar surface area (TPSA) is 80.8 Å². The molecule has 170 valence electrons. The van der Waals surface area contributed by atoms with Crippen LogP contribution >= 0.6 is 0 Å². The van der Waals surface area contributed by atoms with Crippen LogP contribution in [0.1, 0.15) is 34.0 Å². The zero-order valence-electron chi connectivity index (χ0n) is 19.0. The van der Waals surface area contributed by atoms with Crippen LogP contribution in [0.2, 0.25) is 0 Å². The largest absolute Gasteiger partial charge is 0.493 e. The van der Waals surface area contributed by atoms with Crippen molar-refractivity contribution < 1.29 is 19.1 Å². The van der Waals surface area contributed by atoms with E-state index in [0.717, 1.165) is 16.7 Å². The van der Waals surface area contributed by atoms with Gasteiger partial charge in [-0.1, -0.05) is 24.3 Å². The number of aryl methyl sites for hydroxylation is 1. The lowest BCUT2D eigenvalue weighted by Gasteiger charge is -2.27. The van der Waals surface area contributed by atoms with Gasteiger partial charge >= 0.3 is 0 Å². The number of hydrogen-bond donors (Lipinski definition) is 1.